The number of hydrogen-bond donors (Lipinski definition) is 2. The molecule has 2 heterocycles. The largest absolute Gasteiger partial charge is 0.573 e. The van der Waals surface area contributed by atoms with Gasteiger partial charge in [-0.05, 0) is 55.9 Å². The van der Waals surface area contributed by atoms with E-state index in [9.17, 15) is 18.0 Å². The lowest BCUT2D eigenvalue weighted by molar-refractivity contribution is -0.274. The third-order valence-electron chi connectivity index (χ3n) is 6.00. The Morgan fingerprint density at radius 3 is 2.51 bits per heavy atom. The maximum absolute atomic E-state index is 13.0. The first-order chi connectivity index (χ1) is 19.6. The molecule has 1 amide bonds. The van der Waals surface area contributed by atoms with Crippen molar-refractivity contribution in [1.82, 2.24) is 20.3 Å². The van der Waals surface area contributed by atoms with E-state index in [1.807, 2.05) is 19.9 Å². The first-order valence-corrected chi connectivity index (χ1v) is 13.9. The molecule has 0 aliphatic rings. The van der Waals surface area contributed by atoms with E-state index in [1.54, 1.807) is 24.5 Å². The summed E-state index contributed by atoms with van der Waals surface area (Å²) in [5, 5.41) is 6.29. The van der Waals surface area contributed by atoms with Crippen LogP contribution in [-0.2, 0) is 16.0 Å². The fourth-order valence-electron chi connectivity index (χ4n) is 4.21. The monoisotopic (exact) mass is 573 g/mol. The summed E-state index contributed by atoms with van der Waals surface area (Å²) in [5.41, 5.74) is 2.47. The number of ether oxygens (including phenoxy) is 2. The molecule has 11 heteroatoms. The second kappa shape index (κ2) is 15.3. The van der Waals surface area contributed by atoms with Crippen LogP contribution >= 0.6 is 0 Å². The minimum absolute atomic E-state index is 0.114. The molecule has 3 aromatic rings. The van der Waals surface area contributed by atoms with Crippen LogP contribution in [0.4, 0.5) is 19.0 Å². The number of alkyl halides is 3. The minimum atomic E-state index is -4.79. The highest BCUT2D eigenvalue weighted by molar-refractivity contribution is 5.84. The molecule has 0 radical (unpaired) electrons. The fraction of sp³-hybridized carbons (Fsp3) is 0.467. The van der Waals surface area contributed by atoms with Crippen LogP contribution in [0.15, 0.2) is 48.8 Å². The van der Waals surface area contributed by atoms with Crippen molar-refractivity contribution in [3.8, 4) is 28.3 Å². The number of aromatic nitrogens is 3. The fourth-order valence-corrected chi connectivity index (χ4v) is 4.21. The number of benzene rings is 1. The van der Waals surface area contributed by atoms with Crippen molar-refractivity contribution in [3.05, 3.63) is 54.5 Å². The Morgan fingerprint density at radius 1 is 1.02 bits per heavy atom. The Morgan fingerprint density at radius 2 is 1.80 bits per heavy atom. The molecule has 0 saturated carbocycles. The number of aryl methyl sites for hydroxylation is 1. The van der Waals surface area contributed by atoms with Crippen molar-refractivity contribution < 1.29 is 27.4 Å². The van der Waals surface area contributed by atoms with Gasteiger partial charge in [0.15, 0.2) is 5.82 Å². The van der Waals surface area contributed by atoms with Crippen LogP contribution in [0.5, 0.6) is 5.75 Å². The molecule has 0 saturated heterocycles. The molecular formula is C30H38F3N5O3. The van der Waals surface area contributed by atoms with Gasteiger partial charge in [-0.3, -0.25) is 9.78 Å². The molecule has 0 aliphatic heterocycles. The summed E-state index contributed by atoms with van der Waals surface area (Å²) in [7, 11) is 0. The van der Waals surface area contributed by atoms with Crippen LogP contribution in [-0.4, -0.2) is 53.0 Å². The lowest BCUT2D eigenvalue weighted by Crippen LogP contribution is -2.41. The Balaban J connectivity index is 1.88. The molecule has 8 nitrogen and oxygen atoms in total. The lowest BCUT2D eigenvalue weighted by Gasteiger charge is -2.21. The van der Waals surface area contributed by atoms with Crippen molar-refractivity contribution in [2.24, 2.45) is 5.92 Å². The van der Waals surface area contributed by atoms with Gasteiger partial charge in [0, 0.05) is 55.0 Å². The summed E-state index contributed by atoms with van der Waals surface area (Å²) < 4.78 is 47.6. The molecule has 3 rings (SSSR count). The number of anilines is 1. The molecule has 1 aromatic carbocycles. The molecular weight excluding hydrogens is 535 g/mol. The molecule has 2 aromatic heterocycles. The van der Waals surface area contributed by atoms with Crippen LogP contribution in [0, 0.1) is 5.92 Å². The highest BCUT2D eigenvalue weighted by Gasteiger charge is 2.31. The van der Waals surface area contributed by atoms with Crippen LogP contribution in [0.1, 0.15) is 52.7 Å². The second-order valence-corrected chi connectivity index (χ2v) is 10.0. The quantitative estimate of drug-likeness (QED) is 0.202. The number of halogens is 3. The number of carbonyl (C=O) groups is 1. The number of amides is 1. The van der Waals surface area contributed by atoms with Gasteiger partial charge in [0.25, 0.3) is 0 Å². The van der Waals surface area contributed by atoms with E-state index in [-0.39, 0.29) is 17.6 Å². The zero-order chi connectivity index (χ0) is 29.8. The molecule has 0 bridgehead atoms. The van der Waals surface area contributed by atoms with Crippen molar-refractivity contribution in [1.29, 1.82) is 0 Å². The maximum Gasteiger partial charge on any atom is 0.573 e. The predicted molar refractivity (Wildman–Crippen MR) is 152 cm³/mol. The summed E-state index contributed by atoms with van der Waals surface area (Å²) in [5.74, 6) is 0.740. The standard InChI is InChI=1S/C30H38F3N5O3/c1-5-9-24-17-27(37-26(14-20(3)4)29(39)35-12-8-13-40-6-2)38-28(36-24)23-15-22(18-34-19-23)21-10-7-11-25(16-21)41-30(31,32)33/h7,10-11,15-20,26H,5-6,8-9,12-14H2,1-4H3,(H,35,39)(H,36,37,38)/t26-/m0/s1. The SMILES string of the molecule is CCCc1cc(N[C@@H](CC(C)C)C(=O)NCCCOCC)nc(-c2cncc(-c3cccc(OC(F)(F)F)c3)c2)n1. The zero-order valence-corrected chi connectivity index (χ0v) is 23.9. The smallest absolute Gasteiger partial charge is 0.406 e. The number of hydrogen-bond acceptors (Lipinski definition) is 7. The summed E-state index contributed by atoms with van der Waals surface area (Å²) in [6, 6.07) is 8.82. The molecule has 41 heavy (non-hydrogen) atoms. The Hall–Kier alpha value is -3.73. The maximum atomic E-state index is 13.0. The highest BCUT2D eigenvalue weighted by atomic mass is 19.4. The van der Waals surface area contributed by atoms with Gasteiger partial charge in [-0.1, -0.05) is 39.3 Å². The third kappa shape index (κ3) is 10.6. The number of nitrogens with zero attached hydrogens (tertiary/aromatic N) is 3. The van der Waals surface area contributed by atoms with E-state index < -0.39 is 12.4 Å². The molecule has 1 atom stereocenters. The van der Waals surface area contributed by atoms with Gasteiger partial charge in [0.2, 0.25) is 5.91 Å². The number of rotatable bonds is 15. The van der Waals surface area contributed by atoms with Crippen LogP contribution in [0.25, 0.3) is 22.5 Å². The van der Waals surface area contributed by atoms with Gasteiger partial charge in [-0.15, -0.1) is 13.2 Å². The van der Waals surface area contributed by atoms with Gasteiger partial charge < -0.3 is 20.1 Å². The van der Waals surface area contributed by atoms with E-state index in [2.05, 4.69) is 34.2 Å². The second-order valence-electron chi connectivity index (χ2n) is 10.0. The molecule has 0 aliphatic carbocycles. The topological polar surface area (TPSA) is 98.3 Å². The van der Waals surface area contributed by atoms with Crippen LogP contribution in [0.2, 0.25) is 0 Å². The van der Waals surface area contributed by atoms with Crippen molar-refractivity contribution >= 4 is 11.7 Å². The van der Waals surface area contributed by atoms with Gasteiger partial charge in [-0.25, -0.2) is 9.97 Å². The molecule has 0 unspecified atom stereocenters. The first kappa shape index (κ1) is 31.8. The predicted octanol–water partition coefficient (Wildman–Crippen LogP) is 6.43. The van der Waals surface area contributed by atoms with E-state index in [1.165, 1.54) is 18.2 Å². The summed E-state index contributed by atoms with van der Waals surface area (Å²) in [6.07, 6.45) is 1.25. The van der Waals surface area contributed by atoms with Crippen LogP contribution < -0.4 is 15.4 Å². The molecule has 222 valence electrons. The lowest BCUT2D eigenvalue weighted by atomic mass is 10.0. The average Bonchev–Trinajstić information content (AvgIpc) is 2.91. The normalized spacial score (nSPS) is 12.3. The number of carbonyl (C=O) groups excluding carboxylic acids is 1. The first-order valence-electron chi connectivity index (χ1n) is 13.9. The van der Waals surface area contributed by atoms with E-state index in [4.69, 9.17) is 14.7 Å². The van der Waals surface area contributed by atoms with E-state index in [0.717, 1.165) is 18.5 Å². The summed E-state index contributed by atoms with van der Waals surface area (Å²) >= 11 is 0. The van der Waals surface area contributed by atoms with Gasteiger partial charge in [-0.2, -0.15) is 0 Å². The summed E-state index contributed by atoms with van der Waals surface area (Å²) in [4.78, 5) is 26.7. The highest BCUT2D eigenvalue weighted by Crippen LogP contribution is 2.30. The number of pyridine rings is 1. The Bertz CT molecular complexity index is 1270. The third-order valence-corrected chi connectivity index (χ3v) is 6.00. The molecule has 0 spiro atoms. The van der Waals surface area contributed by atoms with Crippen molar-refractivity contribution in [2.75, 3.05) is 25.1 Å². The van der Waals surface area contributed by atoms with Gasteiger partial charge >= 0.3 is 6.36 Å². The average molecular weight is 574 g/mol. The van der Waals surface area contributed by atoms with Gasteiger partial charge in [0.1, 0.15) is 17.6 Å². The Labute approximate surface area is 239 Å². The minimum Gasteiger partial charge on any atom is -0.406 e. The number of nitrogens with one attached hydrogen (secondary N) is 2. The summed E-state index contributed by atoms with van der Waals surface area (Å²) in [6.45, 7) is 9.82. The molecule has 0 fully saturated rings. The van der Waals surface area contributed by atoms with Crippen molar-refractivity contribution in [2.45, 2.75) is 65.8 Å². The van der Waals surface area contributed by atoms with Gasteiger partial charge in [0.05, 0.1) is 0 Å². The van der Waals surface area contributed by atoms with Crippen molar-refractivity contribution in [3.63, 3.8) is 0 Å². The van der Waals surface area contributed by atoms with Crippen LogP contribution in [0.3, 0.4) is 0 Å². The molecule has 2 N–H and O–H groups in total. The van der Waals surface area contributed by atoms with E-state index >= 15 is 0 Å². The zero-order valence-electron chi connectivity index (χ0n) is 23.9. The Kier molecular flexibility index (Phi) is 11.9. The van der Waals surface area contributed by atoms with E-state index in [0.29, 0.717) is 60.9 Å².